The average molecular weight is 439 g/mol. The van der Waals surface area contributed by atoms with E-state index in [4.69, 9.17) is 9.47 Å². The third kappa shape index (κ3) is 4.15. The number of nitriles is 1. The lowest BCUT2D eigenvalue weighted by Crippen LogP contribution is -2.14. The molecule has 6 nitrogen and oxygen atoms in total. The van der Waals surface area contributed by atoms with E-state index in [9.17, 15) is 18.8 Å². The van der Waals surface area contributed by atoms with Gasteiger partial charge < -0.3 is 9.47 Å². The zero-order valence-corrected chi connectivity index (χ0v) is 18.1. The molecule has 1 aliphatic carbocycles. The van der Waals surface area contributed by atoms with Crippen LogP contribution in [0.15, 0.2) is 36.7 Å². The maximum absolute atomic E-state index is 13.2. The number of halogens is 2. The number of benzene rings is 1. The minimum Gasteiger partial charge on any atom is -0.496 e. The maximum Gasteiger partial charge on any atom is 0.387 e. The molecule has 32 heavy (non-hydrogen) atoms. The predicted octanol–water partition coefficient (Wildman–Crippen LogP) is 5.40. The van der Waals surface area contributed by atoms with Crippen molar-refractivity contribution < 1.29 is 23.0 Å². The number of pyridine rings is 1. The number of rotatable bonds is 8. The molecular weight excluding hydrogens is 416 g/mol. The van der Waals surface area contributed by atoms with Crippen molar-refractivity contribution in [3.63, 3.8) is 0 Å². The zero-order valence-electron chi connectivity index (χ0n) is 18.1. The Bertz CT molecular complexity index is 1220. The van der Waals surface area contributed by atoms with E-state index in [2.05, 4.69) is 11.2 Å². The molecule has 8 heteroatoms. The fourth-order valence-electron chi connectivity index (χ4n) is 3.70. The van der Waals surface area contributed by atoms with Crippen molar-refractivity contribution in [2.45, 2.75) is 45.1 Å². The standard InChI is InChI=1S/C24H23F2N3O3/c1-24(2,13-27)16-6-7-18-17(11-28-29(18)12-16)15-9-20(31-3)22(19(30)8-14-4-5-14)21(10-15)32-23(25)26/h6-7,9-12,14,23H,4-5,8H2,1-3H3. The number of Topliss-reactive ketones (excluding diaryl/α,β-unsaturated/α-hetero) is 1. The van der Waals surface area contributed by atoms with Gasteiger partial charge in [0.2, 0.25) is 0 Å². The van der Waals surface area contributed by atoms with E-state index in [1.165, 1.54) is 13.2 Å². The molecule has 0 radical (unpaired) electrons. The quantitative estimate of drug-likeness (QED) is 0.440. The molecule has 2 heterocycles. The van der Waals surface area contributed by atoms with Gasteiger partial charge >= 0.3 is 6.61 Å². The van der Waals surface area contributed by atoms with Gasteiger partial charge in [0.15, 0.2) is 5.78 Å². The van der Waals surface area contributed by atoms with Crippen molar-refractivity contribution in [3.05, 3.63) is 47.8 Å². The van der Waals surface area contributed by atoms with Crippen LogP contribution in [-0.2, 0) is 5.41 Å². The van der Waals surface area contributed by atoms with Gasteiger partial charge in [-0.1, -0.05) is 6.07 Å². The number of methoxy groups -OCH3 is 1. The molecule has 0 bridgehead atoms. The SMILES string of the molecule is COc1cc(-c2cnn3cc(C(C)(C)C#N)ccc23)cc(OC(F)F)c1C(=O)CC1CC1. The van der Waals surface area contributed by atoms with Crippen LogP contribution in [0.4, 0.5) is 8.78 Å². The third-order valence-electron chi connectivity index (χ3n) is 5.78. The van der Waals surface area contributed by atoms with Crippen molar-refractivity contribution in [1.82, 2.24) is 9.61 Å². The average Bonchev–Trinajstić information content (AvgIpc) is 3.47. The number of hydrogen-bond acceptors (Lipinski definition) is 5. The van der Waals surface area contributed by atoms with Crippen LogP contribution in [0.25, 0.3) is 16.6 Å². The summed E-state index contributed by atoms with van der Waals surface area (Å²) < 4.78 is 38.1. The molecule has 0 amide bonds. The third-order valence-corrected chi connectivity index (χ3v) is 5.78. The minimum absolute atomic E-state index is 0.0398. The van der Waals surface area contributed by atoms with Crippen LogP contribution in [0.2, 0.25) is 0 Å². The summed E-state index contributed by atoms with van der Waals surface area (Å²) in [5, 5.41) is 13.8. The highest BCUT2D eigenvalue weighted by Gasteiger charge is 2.30. The summed E-state index contributed by atoms with van der Waals surface area (Å²) in [7, 11) is 1.39. The molecule has 1 fully saturated rings. The van der Waals surface area contributed by atoms with Crippen molar-refractivity contribution in [2.24, 2.45) is 5.92 Å². The van der Waals surface area contributed by atoms with Gasteiger partial charge in [0.05, 0.1) is 30.3 Å². The smallest absolute Gasteiger partial charge is 0.387 e. The van der Waals surface area contributed by atoms with E-state index in [1.807, 2.05) is 26.0 Å². The molecule has 0 N–H and O–H groups in total. The van der Waals surface area contributed by atoms with Gasteiger partial charge in [0, 0.05) is 18.2 Å². The Balaban J connectivity index is 1.82. The number of alkyl halides is 2. The summed E-state index contributed by atoms with van der Waals surface area (Å²) in [5.41, 5.74) is 2.04. The monoisotopic (exact) mass is 439 g/mol. The Morgan fingerprint density at radius 3 is 2.66 bits per heavy atom. The van der Waals surface area contributed by atoms with Crippen LogP contribution in [0.1, 0.15) is 49.0 Å². The van der Waals surface area contributed by atoms with Crippen LogP contribution in [-0.4, -0.2) is 29.1 Å². The molecule has 2 aromatic heterocycles. The first-order valence-electron chi connectivity index (χ1n) is 10.3. The van der Waals surface area contributed by atoms with E-state index in [1.54, 1.807) is 23.0 Å². The van der Waals surface area contributed by atoms with Gasteiger partial charge in [-0.3, -0.25) is 4.79 Å². The first kappa shape index (κ1) is 21.8. The summed E-state index contributed by atoms with van der Waals surface area (Å²) >= 11 is 0. The van der Waals surface area contributed by atoms with Gasteiger partial charge in [-0.2, -0.15) is 19.1 Å². The van der Waals surface area contributed by atoms with E-state index >= 15 is 0 Å². The molecule has 1 aliphatic rings. The van der Waals surface area contributed by atoms with Crippen molar-refractivity contribution in [2.75, 3.05) is 7.11 Å². The van der Waals surface area contributed by atoms with Crippen molar-refractivity contribution >= 4 is 11.3 Å². The van der Waals surface area contributed by atoms with Gasteiger partial charge in [0.1, 0.15) is 17.1 Å². The number of ether oxygens (including phenoxy) is 2. The minimum atomic E-state index is -3.08. The number of ketones is 1. The summed E-state index contributed by atoms with van der Waals surface area (Å²) in [4.78, 5) is 12.8. The molecule has 0 atom stereocenters. The highest BCUT2D eigenvalue weighted by Crippen LogP contribution is 2.41. The fourth-order valence-corrected chi connectivity index (χ4v) is 3.70. The van der Waals surface area contributed by atoms with Crippen molar-refractivity contribution in [3.8, 4) is 28.7 Å². The lowest BCUT2D eigenvalue weighted by atomic mass is 9.87. The van der Waals surface area contributed by atoms with E-state index in [0.717, 1.165) is 18.4 Å². The van der Waals surface area contributed by atoms with E-state index in [0.29, 0.717) is 16.6 Å². The summed E-state index contributed by atoms with van der Waals surface area (Å²) in [5.74, 6) is -0.000448. The zero-order chi connectivity index (χ0) is 23.0. The molecule has 1 saturated carbocycles. The molecule has 1 aromatic carbocycles. The largest absolute Gasteiger partial charge is 0.496 e. The van der Waals surface area contributed by atoms with Crippen LogP contribution in [0.5, 0.6) is 11.5 Å². The highest BCUT2D eigenvalue weighted by molar-refractivity contribution is 6.02. The number of aromatic nitrogens is 2. The van der Waals surface area contributed by atoms with Crippen molar-refractivity contribution in [1.29, 1.82) is 5.26 Å². The fraction of sp³-hybridized carbons (Fsp3) is 0.375. The Morgan fingerprint density at radius 1 is 1.31 bits per heavy atom. The van der Waals surface area contributed by atoms with Gasteiger partial charge in [-0.25, -0.2) is 4.52 Å². The topological polar surface area (TPSA) is 76.6 Å². The molecule has 0 saturated heterocycles. The first-order chi connectivity index (χ1) is 15.2. The Hall–Kier alpha value is -3.47. The predicted molar refractivity (Wildman–Crippen MR) is 114 cm³/mol. The number of nitrogens with zero attached hydrogens (tertiary/aromatic N) is 3. The maximum atomic E-state index is 13.2. The molecule has 0 aliphatic heterocycles. The Morgan fingerprint density at radius 2 is 2.03 bits per heavy atom. The van der Waals surface area contributed by atoms with Crippen LogP contribution < -0.4 is 9.47 Å². The summed E-state index contributed by atoms with van der Waals surface area (Å²) in [6, 6.07) is 8.99. The van der Waals surface area contributed by atoms with Gasteiger partial charge in [-0.05, 0) is 61.9 Å². The van der Waals surface area contributed by atoms with E-state index in [-0.39, 0.29) is 35.2 Å². The molecular formula is C24H23F2N3O3. The molecule has 3 aromatic rings. The second-order valence-corrected chi connectivity index (χ2v) is 8.54. The van der Waals surface area contributed by atoms with Crippen LogP contribution >= 0.6 is 0 Å². The van der Waals surface area contributed by atoms with Crippen LogP contribution in [0.3, 0.4) is 0 Å². The lowest BCUT2D eigenvalue weighted by Gasteiger charge is -2.16. The normalized spacial score (nSPS) is 13.9. The highest BCUT2D eigenvalue weighted by atomic mass is 19.3. The number of carbonyl (C=O) groups is 1. The first-order valence-corrected chi connectivity index (χ1v) is 10.3. The number of carbonyl (C=O) groups excluding carboxylic acids is 1. The molecule has 166 valence electrons. The molecule has 0 spiro atoms. The lowest BCUT2D eigenvalue weighted by molar-refractivity contribution is -0.0502. The van der Waals surface area contributed by atoms with Gasteiger partial charge in [0.25, 0.3) is 0 Å². The van der Waals surface area contributed by atoms with Crippen LogP contribution in [0, 0.1) is 17.2 Å². The Labute approximate surface area is 184 Å². The molecule has 0 unspecified atom stereocenters. The molecule has 4 rings (SSSR count). The Kier molecular flexibility index (Phi) is 5.59. The second-order valence-electron chi connectivity index (χ2n) is 8.54. The second kappa shape index (κ2) is 8.23. The number of fused-ring (bicyclic) bond motifs is 1. The summed E-state index contributed by atoms with van der Waals surface area (Å²) in [6.07, 6.45) is 5.58. The van der Waals surface area contributed by atoms with Gasteiger partial charge in [-0.15, -0.1) is 0 Å². The van der Waals surface area contributed by atoms with E-state index < -0.39 is 12.0 Å². The summed E-state index contributed by atoms with van der Waals surface area (Å²) in [6.45, 7) is 0.547. The number of hydrogen-bond donors (Lipinski definition) is 0.